The van der Waals surface area contributed by atoms with Crippen molar-refractivity contribution in [1.82, 2.24) is 4.98 Å². The van der Waals surface area contributed by atoms with E-state index in [1.54, 1.807) is 23.9 Å². The van der Waals surface area contributed by atoms with Gasteiger partial charge in [0.15, 0.2) is 0 Å². The Bertz CT molecular complexity index is 769. The highest BCUT2D eigenvalue weighted by atomic mass is 32.2. The molecule has 2 nitrogen and oxygen atoms in total. The molecule has 0 unspecified atom stereocenters. The quantitative estimate of drug-likeness (QED) is 0.720. The van der Waals surface area contributed by atoms with Crippen molar-refractivity contribution in [3.05, 3.63) is 65.5 Å². The minimum Gasteiger partial charge on any atom is -0.350 e. The summed E-state index contributed by atoms with van der Waals surface area (Å²) in [4.78, 5) is 3.33. The van der Waals surface area contributed by atoms with Crippen LogP contribution in [0.25, 0.3) is 10.9 Å². The molecular formula is C16H11FN2S. The summed E-state index contributed by atoms with van der Waals surface area (Å²) >= 11 is 1.64. The van der Waals surface area contributed by atoms with Gasteiger partial charge in [0.05, 0.1) is 10.6 Å². The maximum Gasteiger partial charge on any atom is 0.140 e. The number of thioether (sulfide) groups is 1. The molecule has 0 bridgehead atoms. The van der Waals surface area contributed by atoms with Crippen LogP contribution in [-0.2, 0) is 5.75 Å². The molecule has 3 aromatic rings. The topological polar surface area (TPSA) is 39.6 Å². The van der Waals surface area contributed by atoms with Crippen LogP contribution in [0.15, 0.2) is 53.6 Å². The highest BCUT2D eigenvalue weighted by Crippen LogP contribution is 2.26. The van der Waals surface area contributed by atoms with Gasteiger partial charge in [0.25, 0.3) is 0 Å². The van der Waals surface area contributed by atoms with Crippen molar-refractivity contribution >= 4 is 22.7 Å². The number of hydrogen-bond acceptors (Lipinski definition) is 2. The van der Waals surface area contributed by atoms with Crippen LogP contribution < -0.4 is 0 Å². The second-order valence-electron chi connectivity index (χ2n) is 4.44. The van der Waals surface area contributed by atoms with Gasteiger partial charge in [0.2, 0.25) is 0 Å². The Morgan fingerprint density at radius 3 is 2.80 bits per heavy atom. The molecule has 0 radical (unpaired) electrons. The number of aromatic nitrogens is 1. The monoisotopic (exact) mass is 282 g/mol. The first-order valence-corrected chi connectivity index (χ1v) is 7.14. The molecule has 0 fully saturated rings. The third-order valence-corrected chi connectivity index (χ3v) is 4.06. The summed E-state index contributed by atoms with van der Waals surface area (Å²) in [5.74, 6) is 0.230. The Hall–Kier alpha value is -2.25. The average molecular weight is 282 g/mol. The van der Waals surface area contributed by atoms with E-state index in [-0.39, 0.29) is 5.56 Å². The standard InChI is InChI=1S/C16H11FN2S/c17-14-6-5-11(7-13(14)9-18)10-20-16-8-12-3-1-2-4-15(12)19-16/h1-8,19H,10H2. The lowest BCUT2D eigenvalue weighted by atomic mass is 10.1. The molecule has 1 N–H and O–H groups in total. The van der Waals surface area contributed by atoms with Crippen molar-refractivity contribution in [2.75, 3.05) is 0 Å². The van der Waals surface area contributed by atoms with Crippen LogP contribution in [-0.4, -0.2) is 4.98 Å². The number of hydrogen-bond donors (Lipinski definition) is 1. The summed E-state index contributed by atoms with van der Waals surface area (Å²) in [6, 6.07) is 16.7. The third kappa shape index (κ3) is 2.54. The van der Waals surface area contributed by atoms with E-state index in [0.29, 0.717) is 5.75 Å². The number of rotatable bonds is 3. The number of nitriles is 1. The number of para-hydroxylation sites is 1. The molecule has 1 heterocycles. The highest BCUT2D eigenvalue weighted by Gasteiger charge is 2.05. The number of aromatic amines is 1. The second-order valence-corrected chi connectivity index (χ2v) is 5.45. The zero-order valence-electron chi connectivity index (χ0n) is 10.6. The van der Waals surface area contributed by atoms with Gasteiger partial charge in [-0.15, -0.1) is 11.8 Å². The Labute approximate surface area is 120 Å². The van der Waals surface area contributed by atoms with Crippen molar-refractivity contribution in [2.45, 2.75) is 10.8 Å². The van der Waals surface area contributed by atoms with Crippen molar-refractivity contribution in [3.8, 4) is 6.07 Å². The average Bonchev–Trinajstić information content (AvgIpc) is 2.89. The van der Waals surface area contributed by atoms with E-state index in [9.17, 15) is 4.39 Å². The SMILES string of the molecule is N#Cc1cc(CSc2cc3ccccc3[nH]2)ccc1F. The Balaban J connectivity index is 1.77. The van der Waals surface area contributed by atoms with Crippen molar-refractivity contribution in [1.29, 1.82) is 5.26 Å². The van der Waals surface area contributed by atoms with Crippen molar-refractivity contribution in [2.24, 2.45) is 0 Å². The minimum absolute atomic E-state index is 0.0970. The molecule has 0 aliphatic heterocycles. The molecule has 3 rings (SSSR count). The van der Waals surface area contributed by atoms with Crippen LogP contribution in [0.3, 0.4) is 0 Å². The number of nitrogens with one attached hydrogen (secondary N) is 1. The summed E-state index contributed by atoms with van der Waals surface area (Å²) < 4.78 is 13.2. The minimum atomic E-state index is -0.466. The van der Waals surface area contributed by atoms with Gasteiger partial charge in [-0.25, -0.2) is 4.39 Å². The molecule has 0 saturated heterocycles. The second kappa shape index (κ2) is 5.40. The van der Waals surface area contributed by atoms with Gasteiger partial charge in [-0.05, 0) is 29.8 Å². The van der Waals surface area contributed by atoms with Gasteiger partial charge in [-0.1, -0.05) is 24.3 Å². The maximum atomic E-state index is 13.2. The van der Waals surface area contributed by atoms with Gasteiger partial charge in [-0.3, -0.25) is 0 Å². The van der Waals surface area contributed by atoms with E-state index in [4.69, 9.17) is 5.26 Å². The van der Waals surface area contributed by atoms with Gasteiger partial charge in [-0.2, -0.15) is 5.26 Å². The lowest BCUT2D eigenvalue weighted by molar-refractivity contribution is 0.623. The van der Waals surface area contributed by atoms with E-state index in [1.807, 2.05) is 24.3 Å². The summed E-state index contributed by atoms with van der Waals surface area (Å²) in [5, 5.41) is 11.1. The normalized spacial score (nSPS) is 10.6. The number of fused-ring (bicyclic) bond motifs is 1. The van der Waals surface area contributed by atoms with Gasteiger partial charge in [0.1, 0.15) is 11.9 Å². The Morgan fingerprint density at radius 2 is 2.00 bits per heavy atom. The molecule has 0 aliphatic rings. The summed E-state index contributed by atoms with van der Waals surface area (Å²) in [5.41, 5.74) is 2.14. The molecule has 4 heteroatoms. The van der Waals surface area contributed by atoms with Crippen LogP contribution in [0.4, 0.5) is 4.39 Å². The van der Waals surface area contributed by atoms with E-state index in [1.165, 1.54) is 11.5 Å². The highest BCUT2D eigenvalue weighted by molar-refractivity contribution is 7.98. The fraction of sp³-hybridized carbons (Fsp3) is 0.0625. The van der Waals surface area contributed by atoms with Gasteiger partial charge < -0.3 is 4.98 Å². The lowest BCUT2D eigenvalue weighted by Gasteiger charge is -2.01. The smallest absolute Gasteiger partial charge is 0.140 e. The largest absolute Gasteiger partial charge is 0.350 e. The lowest BCUT2D eigenvalue weighted by Crippen LogP contribution is -1.87. The zero-order valence-corrected chi connectivity index (χ0v) is 11.4. The molecule has 1 aromatic heterocycles. The first-order chi connectivity index (χ1) is 9.76. The number of benzene rings is 2. The summed E-state index contributed by atoms with van der Waals surface area (Å²) in [7, 11) is 0. The summed E-state index contributed by atoms with van der Waals surface area (Å²) in [6.45, 7) is 0. The zero-order chi connectivity index (χ0) is 13.9. The maximum absolute atomic E-state index is 13.2. The first-order valence-electron chi connectivity index (χ1n) is 6.15. The molecular weight excluding hydrogens is 271 g/mol. The van der Waals surface area contributed by atoms with E-state index in [2.05, 4.69) is 17.1 Å². The van der Waals surface area contributed by atoms with Crippen LogP contribution in [0.5, 0.6) is 0 Å². The fourth-order valence-electron chi connectivity index (χ4n) is 2.03. The van der Waals surface area contributed by atoms with E-state index >= 15 is 0 Å². The van der Waals surface area contributed by atoms with Gasteiger partial charge in [0, 0.05) is 16.7 Å². The molecule has 0 atom stereocenters. The molecule has 0 saturated carbocycles. The molecule has 98 valence electrons. The molecule has 20 heavy (non-hydrogen) atoms. The molecule has 0 amide bonds. The molecule has 2 aromatic carbocycles. The van der Waals surface area contributed by atoms with E-state index in [0.717, 1.165) is 16.1 Å². The van der Waals surface area contributed by atoms with Gasteiger partial charge >= 0.3 is 0 Å². The fourth-order valence-corrected chi connectivity index (χ4v) is 2.93. The summed E-state index contributed by atoms with van der Waals surface area (Å²) in [6.07, 6.45) is 0. The Morgan fingerprint density at radius 1 is 1.15 bits per heavy atom. The van der Waals surface area contributed by atoms with Crippen LogP contribution in [0, 0.1) is 17.1 Å². The van der Waals surface area contributed by atoms with E-state index < -0.39 is 5.82 Å². The number of nitrogens with zero attached hydrogens (tertiary/aromatic N) is 1. The number of H-pyrrole nitrogens is 1. The Kier molecular flexibility index (Phi) is 3.44. The molecule has 0 aliphatic carbocycles. The first kappa shape index (κ1) is 12.8. The predicted molar refractivity (Wildman–Crippen MR) is 79.0 cm³/mol. The van der Waals surface area contributed by atoms with Crippen LogP contribution >= 0.6 is 11.8 Å². The van der Waals surface area contributed by atoms with Crippen molar-refractivity contribution < 1.29 is 4.39 Å². The number of halogens is 1. The van der Waals surface area contributed by atoms with Crippen LogP contribution in [0.1, 0.15) is 11.1 Å². The van der Waals surface area contributed by atoms with Crippen molar-refractivity contribution in [3.63, 3.8) is 0 Å². The molecule has 0 spiro atoms. The third-order valence-electron chi connectivity index (χ3n) is 3.05. The van der Waals surface area contributed by atoms with Crippen LogP contribution in [0.2, 0.25) is 0 Å². The predicted octanol–water partition coefficient (Wildman–Crippen LogP) is 4.47.